The number of ether oxygens (including phenoxy) is 1. The molecule has 0 saturated heterocycles. The molecule has 0 heterocycles. The van der Waals surface area contributed by atoms with E-state index in [0.717, 1.165) is 7.11 Å². The van der Waals surface area contributed by atoms with E-state index in [1.807, 2.05) is 0 Å². The molecule has 0 radical (unpaired) electrons. The number of carbonyl (C=O) groups excluding carboxylic acids is 1. The Morgan fingerprint density at radius 3 is 2.25 bits per heavy atom. The summed E-state index contributed by atoms with van der Waals surface area (Å²) in [7, 11) is 1.03. The van der Waals surface area contributed by atoms with Gasteiger partial charge in [0, 0.05) is 0 Å². The van der Waals surface area contributed by atoms with Crippen LogP contribution in [0.1, 0.15) is 0 Å². The topological polar surface area (TPSA) is 107 Å². The first-order valence-electron chi connectivity index (χ1n) is 3.27. The molecule has 0 aromatic rings. The quantitative estimate of drug-likeness (QED) is 0.349. The van der Waals surface area contributed by atoms with Crippen LogP contribution in [-0.2, 0) is 9.53 Å². The molecule has 0 aliphatic rings. The van der Waals surface area contributed by atoms with Crippen LogP contribution in [0.5, 0.6) is 0 Å². The Morgan fingerprint density at radius 1 is 1.42 bits per heavy atom. The molecule has 0 aromatic heterocycles. The third-order valence-corrected chi connectivity index (χ3v) is 1.35. The van der Waals surface area contributed by atoms with Gasteiger partial charge in [0.15, 0.2) is 6.10 Å². The van der Waals surface area contributed by atoms with Crippen molar-refractivity contribution in [1.29, 1.82) is 0 Å². The van der Waals surface area contributed by atoms with Crippen molar-refractivity contribution in [1.82, 2.24) is 0 Å². The lowest BCUT2D eigenvalue weighted by molar-refractivity contribution is -0.162. The average molecular weight is 180 g/mol. The van der Waals surface area contributed by atoms with E-state index in [-0.39, 0.29) is 0 Å². The van der Waals surface area contributed by atoms with Crippen LogP contribution in [0, 0.1) is 0 Å². The summed E-state index contributed by atoms with van der Waals surface area (Å²) in [5, 5.41) is 34.9. The van der Waals surface area contributed by atoms with Gasteiger partial charge in [-0.15, -0.1) is 0 Å². The maximum atomic E-state index is 10.5. The predicted molar refractivity (Wildman–Crippen MR) is 37.1 cm³/mol. The van der Waals surface area contributed by atoms with Gasteiger partial charge in [-0.3, -0.25) is 0 Å². The lowest BCUT2D eigenvalue weighted by Gasteiger charge is -2.19. The lowest BCUT2D eigenvalue weighted by Crippen LogP contribution is -2.44. The summed E-state index contributed by atoms with van der Waals surface area (Å²) in [5.41, 5.74) is 0. The minimum Gasteiger partial charge on any atom is -0.467 e. The van der Waals surface area contributed by atoms with Gasteiger partial charge >= 0.3 is 5.97 Å². The van der Waals surface area contributed by atoms with Crippen molar-refractivity contribution in [2.45, 2.75) is 18.3 Å². The number of esters is 1. The summed E-state index contributed by atoms with van der Waals surface area (Å²) in [4.78, 5) is 10.5. The van der Waals surface area contributed by atoms with E-state index in [1.54, 1.807) is 0 Å². The third-order valence-electron chi connectivity index (χ3n) is 1.35. The Kier molecular flexibility index (Phi) is 4.75. The van der Waals surface area contributed by atoms with Gasteiger partial charge in [0.2, 0.25) is 0 Å². The minimum atomic E-state index is -1.84. The molecule has 72 valence electrons. The molecule has 0 fully saturated rings. The molecule has 12 heavy (non-hydrogen) atoms. The van der Waals surface area contributed by atoms with Crippen molar-refractivity contribution in [3.63, 3.8) is 0 Å². The lowest BCUT2D eigenvalue weighted by atomic mass is 10.1. The van der Waals surface area contributed by atoms with Crippen LogP contribution >= 0.6 is 0 Å². The highest BCUT2D eigenvalue weighted by Crippen LogP contribution is 2.01. The number of aliphatic hydroxyl groups is 4. The normalized spacial score (nSPS) is 18.1. The summed E-state index contributed by atoms with van der Waals surface area (Å²) >= 11 is 0. The van der Waals surface area contributed by atoms with Gasteiger partial charge < -0.3 is 25.2 Å². The third kappa shape index (κ3) is 2.74. The second-order valence-electron chi connectivity index (χ2n) is 2.21. The molecule has 0 spiro atoms. The van der Waals surface area contributed by atoms with Gasteiger partial charge in [0.05, 0.1) is 13.7 Å². The van der Waals surface area contributed by atoms with E-state index in [4.69, 9.17) is 20.4 Å². The molecular weight excluding hydrogens is 168 g/mol. The molecule has 6 nitrogen and oxygen atoms in total. The second kappa shape index (κ2) is 5.04. The molecule has 6 heteroatoms. The molecule has 3 atom stereocenters. The first-order valence-corrected chi connectivity index (χ1v) is 3.27. The minimum absolute atomic E-state index is 0.741. The Balaban J connectivity index is 4.08. The Labute approximate surface area is 69.0 Å². The Bertz CT molecular complexity index is 147. The molecule has 0 amide bonds. The molecule has 4 N–H and O–H groups in total. The van der Waals surface area contributed by atoms with Crippen molar-refractivity contribution < 1.29 is 30.0 Å². The average Bonchev–Trinajstić information content (AvgIpc) is 2.12. The van der Waals surface area contributed by atoms with Gasteiger partial charge in [-0.2, -0.15) is 0 Å². The fourth-order valence-corrected chi connectivity index (χ4v) is 0.579. The van der Waals surface area contributed by atoms with Crippen molar-refractivity contribution in [3.8, 4) is 0 Å². The molecule has 0 rings (SSSR count). The van der Waals surface area contributed by atoms with Crippen molar-refractivity contribution in [2.24, 2.45) is 0 Å². The fourth-order valence-electron chi connectivity index (χ4n) is 0.579. The summed E-state index contributed by atoms with van der Waals surface area (Å²) < 4.78 is 4.09. The first kappa shape index (κ1) is 11.3. The number of hydrogen-bond donors (Lipinski definition) is 4. The first-order chi connectivity index (χ1) is 5.54. The van der Waals surface area contributed by atoms with Crippen LogP contribution in [0.25, 0.3) is 0 Å². The van der Waals surface area contributed by atoms with E-state index in [2.05, 4.69) is 4.74 Å². The molecular formula is C6H12O6. The van der Waals surface area contributed by atoms with Crippen molar-refractivity contribution >= 4 is 5.97 Å². The maximum absolute atomic E-state index is 10.5. The number of methoxy groups -OCH3 is 1. The van der Waals surface area contributed by atoms with Crippen LogP contribution in [0.15, 0.2) is 0 Å². The Morgan fingerprint density at radius 2 is 1.92 bits per heavy atom. The van der Waals surface area contributed by atoms with E-state index in [0.29, 0.717) is 0 Å². The maximum Gasteiger partial charge on any atom is 0.337 e. The van der Waals surface area contributed by atoms with E-state index in [1.165, 1.54) is 0 Å². The summed E-state index contributed by atoms with van der Waals surface area (Å²) in [6.07, 6.45) is -5.13. The molecule has 0 saturated carbocycles. The Hall–Kier alpha value is -0.690. The van der Waals surface area contributed by atoms with Gasteiger partial charge in [-0.1, -0.05) is 0 Å². The number of hydrogen-bond acceptors (Lipinski definition) is 6. The SMILES string of the molecule is COC(=O)[C@H](O)[C@@H](O)[C@H](O)CO. The zero-order valence-corrected chi connectivity index (χ0v) is 6.54. The monoisotopic (exact) mass is 180 g/mol. The molecule has 0 aromatic carbocycles. The highest BCUT2D eigenvalue weighted by atomic mass is 16.5. The van der Waals surface area contributed by atoms with Crippen molar-refractivity contribution in [2.75, 3.05) is 13.7 Å². The van der Waals surface area contributed by atoms with Gasteiger partial charge in [-0.05, 0) is 0 Å². The van der Waals surface area contributed by atoms with Gasteiger partial charge in [0.1, 0.15) is 12.2 Å². The van der Waals surface area contributed by atoms with Gasteiger partial charge in [-0.25, -0.2) is 4.79 Å². The van der Waals surface area contributed by atoms with E-state index >= 15 is 0 Å². The number of carbonyl (C=O) groups is 1. The second-order valence-corrected chi connectivity index (χ2v) is 2.21. The summed E-state index contributed by atoms with van der Waals surface area (Å²) in [5.74, 6) is -1.06. The zero-order chi connectivity index (χ0) is 9.72. The van der Waals surface area contributed by atoms with Crippen molar-refractivity contribution in [3.05, 3.63) is 0 Å². The van der Waals surface area contributed by atoms with Crippen LogP contribution in [-0.4, -0.2) is 58.4 Å². The molecule has 0 aliphatic heterocycles. The highest BCUT2D eigenvalue weighted by Gasteiger charge is 2.30. The van der Waals surface area contributed by atoms with Crippen LogP contribution in [0.2, 0.25) is 0 Å². The van der Waals surface area contributed by atoms with Crippen LogP contribution in [0.3, 0.4) is 0 Å². The predicted octanol–water partition coefficient (Wildman–Crippen LogP) is -2.77. The van der Waals surface area contributed by atoms with Crippen LogP contribution < -0.4 is 0 Å². The smallest absolute Gasteiger partial charge is 0.337 e. The van der Waals surface area contributed by atoms with Gasteiger partial charge in [0.25, 0.3) is 0 Å². The summed E-state index contributed by atoms with van der Waals surface area (Å²) in [6.45, 7) is -0.741. The molecule has 0 bridgehead atoms. The van der Waals surface area contributed by atoms with E-state index < -0.39 is 30.9 Å². The van der Waals surface area contributed by atoms with E-state index in [9.17, 15) is 4.79 Å². The highest BCUT2D eigenvalue weighted by molar-refractivity contribution is 5.74. The molecule has 0 aliphatic carbocycles. The largest absolute Gasteiger partial charge is 0.467 e. The fraction of sp³-hybridized carbons (Fsp3) is 0.833. The number of rotatable bonds is 4. The summed E-state index contributed by atoms with van der Waals surface area (Å²) in [6, 6.07) is 0. The van der Waals surface area contributed by atoms with Crippen LogP contribution in [0.4, 0.5) is 0 Å². The zero-order valence-electron chi connectivity index (χ0n) is 6.54. The standard InChI is InChI=1S/C6H12O6/c1-12-6(11)5(10)4(9)3(8)2-7/h3-5,7-10H,2H2,1H3/t3-,4+,5-/m1/s1. The molecule has 0 unspecified atom stereocenters. The number of aliphatic hydroxyl groups excluding tert-OH is 4.